The Labute approximate surface area is 95.0 Å². The van der Waals surface area contributed by atoms with Gasteiger partial charge in [-0.05, 0) is 25.3 Å². The summed E-state index contributed by atoms with van der Waals surface area (Å²) >= 11 is 0. The van der Waals surface area contributed by atoms with Crippen molar-refractivity contribution in [2.75, 3.05) is 19.6 Å². The van der Waals surface area contributed by atoms with Crippen LogP contribution in [-0.2, 0) is 0 Å². The van der Waals surface area contributed by atoms with Gasteiger partial charge >= 0.3 is 6.18 Å². The summed E-state index contributed by atoms with van der Waals surface area (Å²) in [7, 11) is 0. The molecule has 0 bridgehead atoms. The highest BCUT2D eigenvalue weighted by molar-refractivity contribution is 4.81. The first-order valence-corrected chi connectivity index (χ1v) is 5.97. The molecule has 1 aliphatic rings. The van der Waals surface area contributed by atoms with Gasteiger partial charge in [0, 0.05) is 12.6 Å². The number of hydrogen-bond acceptors (Lipinski definition) is 2. The first-order valence-electron chi connectivity index (χ1n) is 5.97. The molecule has 0 aromatic rings. The molecule has 1 fully saturated rings. The lowest BCUT2D eigenvalue weighted by Gasteiger charge is -2.28. The number of likely N-dealkylation sites (N-methyl/N-ethyl adjacent to an activating group) is 1. The molecule has 5 heteroatoms. The fourth-order valence-corrected chi connectivity index (χ4v) is 2.39. The van der Waals surface area contributed by atoms with Gasteiger partial charge in [0.15, 0.2) is 0 Å². The van der Waals surface area contributed by atoms with Crippen molar-refractivity contribution in [3.05, 3.63) is 0 Å². The second-order valence-corrected chi connectivity index (χ2v) is 4.65. The van der Waals surface area contributed by atoms with Crippen LogP contribution in [0.5, 0.6) is 0 Å². The maximum Gasteiger partial charge on any atom is 0.401 e. The van der Waals surface area contributed by atoms with Gasteiger partial charge in [0.05, 0.1) is 6.54 Å². The van der Waals surface area contributed by atoms with Crippen LogP contribution in [0.2, 0.25) is 0 Å². The van der Waals surface area contributed by atoms with E-state index in [9.17, 15) is 13.2 Å². The molecule has 2 nitrogen and oxygen atoms in total. The van der Waals surface area contributed by atoms with E-state index in [0.29, 0.717) is 19.0 Å². The topological polar surface area (TPSA) is 29.3 Å². The van der Waals surface area contributed by atoms with Gasteiger partial charge in [-0.25, -0.2) is 0 Å². The quantitative estimate of drug-likeness (QED) is 0.797. The number of hydrogen-bond donors (Lipinski definition) is 1. The van der Waals surface area contributed by atoms with E-state index in [0.717, 1.165) is 12.8 Å². The number of nitrogens with zero attached hydrogens (tertiary/aromatic N) is 1. The van der Waals surface area contributed by atoms with Gasteiger partial charge in [-0.2, -0.15) is 13.2 Å². The largest absolute Gasteiger partial charge is 0.401 e. The van der Waals surface area contributed by atoms with Crippen LogP contribution in [0.1, 0.15) is 32.6 Å². The Morgan fingerprint density at radius 2 is 1.88 bits per heavy atom. The summed E-state index contributed by atoms with van der Waals surface area (Å²) in [5.41, 5.74) is 5.97. The second-order valence-electron chi connectivity index (χ2n) is 4.65. The molecule has 2 N–H and O–H groups in total. The van der Waals surface area contributed by atoms with Gasteiger partial charge in [-0.3, -0.25) is 4.90 Å². The van der Waals surface area contributed by atoms with Crippen molar-refractivity contribution in [1.29, 1.82) is 0 Å². The van der Waals surface area contributed by atoms with Gasteiger partial charge < -0.3 is 5.73 Å². The minimum absolute atomic E-state index is 0.107. The lowest BCUT2D eigenvalue weighted by atomic mass is 9.98. The summed E-state index contributed by atoms with van der Waals surface area (Å²) in [6, 6.07) is -0.107. The average Bonchev–Trinajstić information content (AvgIpc) is 2.67. The third kappa shape index (κ3) is 4.70. The maximum absolute atomic E-state index is 12.2. The third-order valence-corrected chi connectivity index (χ3v) is 3.32. The highest BCUT2D eigenvalue weighted by atomic mass is 19.4. The molecule has 0 aliphatic heterocycles. The van der Waals surface area contributed by atoms with Crippen LogP contribution in [0.25, 0.3) is 0 Å². The molecule has 0 aromatic heterocycles. The zero-order valence-electron chi connectivity index (χ0n) is 9.76. The van der Waals surface area contributed by atoms with Gasteiger partial charge in [-0.1, -0.05) is 19.8 Å². The molecular formula is C11H21F3N2. The Morgan fingerprint density at radius 1 is 1.31 bits per heavy atom. The van der Waals surface area contributed by atoms with E-state index >= 15 is 0 Å². The first-order chi connectivity index (χ1) is 7.42. The van der Waals surface area contributed by atoms with Crippen molar-refractivity contribution >= 4 is 0 Å². The molecule has 1 saturated carbocycles. The summed E-state index contributed by atoms with van der Waals surface area (Å²) in [5.74, 6) is 0.419. The fraction of sp³-hybridized carbons (Fsp3) is 1.00. The lowest BCUT2D eigenvalue weighted by molar-refractivity contribution is -0.146. The third-order valence-electron chi connectivity index (χ3n) is 3.32. The minimum atomic E-state index is -4.12. The average molecular weight is 238 g/mol. The van der Waals surface area contributed by atoms with Crippen molar-refractivity contribution in [1.82, 2.24) is 4.90 Å². The molecule has 0 amide bonds. The normalized spacial score (nSPS) is 20.6. The predicted octanol–water partition coefficient (Wildman–Crippen LogP) is 2.39. The fourth-order valence-electron chi connectivity index (χ4n) is 2.39. The van der Waals surface area contributed by atoms with Crippen LogP contribution in [0, 0.1) is 5.92 Å². The standard InChI is InChI=1S/C11H21F3N2/c1-2-16(8-11(12,13)14)7-10(15)9-5-3-4-6-9/h9-10H,2-8,15H2,1H3. The van der Waals surface area contributed by atoms with E-state index in [1.165, 1.54) is 17.7 Å². The summed E-state index contributed by atoms with van der Waals surface area (Å²) in [6.45, 7) is 1.66. The monoisotopic (exact) mass is 238 g/mol. The molecule has 0 heterocycles. The minimum Gasteiger partial charge on any atom is -0.326 e. The van der Waals surface area contributed by atoms with E-state index in [4.69, 9.17) is 5.73 Å². The van der Waals surface area contributed by atoms with Gasteiger partial charge in [-0.15, -0.1) is 0 Å². The molecule has 1 atom stereocenters. The highest BCUT2D eigenvalue weighted by Crippen LogP contribution is 2.27. The zero-order valence-corrected chi connectivity index (χ0v) is 9.76. The number of halogens is 3. The predicted molar refractivity (Wildman–Crippen MR) is 58.1 cm³/mol. The second kappa shape index (κ2) is 5.87. The van der Waals surface area contributed by atoms with Crippen molar-refractivity contribution in [3.8, 4) is 0 Å². The number of rotatable bonds is 5. The maximum atomic E-state index is 12.2. The van der Waals surface area contributed by atoms with Crippen molar-refractivity contribution in [2.45, 2.75) is 44.8 Å². The van der Waals surface area contributed by atoms with Gasteiger partial charge in [0.25, 0.3) is 0 Å². The molecule has 1 aliphatic carbocycles. The van der Waals surface area contributed by atoms with Crippen LogP contribution < -0.4 is 5.73 Å². The molecule has 96 valence electrons. The zero-order chi connectivity index (χ0) is 12.2. The molecule has 0 spiro atoms. The van der Waals surface area contributed by atoms with E-state index < -0.39 is 12.7 Å². The van der Waals surface area contributed by atoms with Crippen LogP contribution in [0.4, 0.5) is 13.2 Å². The summed E-state index contributed by atoms with van der Waals surface area (Å²) in [6.07, 6.45) is 0.369. The van der Waals surface area contributed by atoms with Gasteiger partial charge in [0.1, 0.15) is 0 Å². The Bertz CT molecular complexity index is 200. The smallest absolute Gasteiger partial charge is 0.326 e. The molecule has 0 aromatic carbocycles. The molecule has 16 heavy (non-hydrogen) atoms. The Kier molecular flexibility index (Phi) is 5.05. The molecular weight excluding hydrogens is 217 g/mol. The van der Waals surface area contributed by atoms with Crippen LogP contribution in [0.3, 0.4) is 0 Å². The lowest BCUT2D eigenvalue weighted by Crippen LogP contribution is -2.44. The van der Waals surface area contributed by atoms with Crippen molar-refractivity contribution < 1.29 is 13.2 Å². The van der Waals surface area contributed by atoms with E-state index in [1.54, 1.807) is 6.92 Å². The van der Waals surface area contributed by atoms with Crippen LogP contribution >= 0.6 is 0 Å². The summed E-state index contributed by atoms with van der Waals surface area (Å²) in [5, 5.41) is 0. The van der Waals surface area contributed by atoms with Crippen molar-refractivity contribution in [3.63, 3.8) is 0 Å². The van der Waals surface area contributed by atoms with Crippen LogP contribution in [0.15, 0.2) is 0 Å². The summed E-state index contributed by atoms with van der Waals surface area (Å²) in [4.78, 5) is 1.39. The number of alkyl halides is 3. The van der Waals surface area contributed by atoms with Gasteiger partial charge in [0.2, 0.25) is 0 Å². The van der Waals surface area contributed by atoms with E-state index in [-0.39, 0.29) is 6.04 Å². The molecule has 1 rings (SSSR count). The Balaban J connectivity index is 2.36. The Hall–Kier alpha value is -0.290. The SMILES string of the molecule is CCN(CC(N)C1CCCC1)CC(F)(F)F. The molecule has 1 unspecified atom stereocenters. The van der Waals surface area contributed by atoms with Crippen molar-refractivity contribution in [2.24, 2.45) is 11.7 Å². The van der Waals surface area contributed by atoms with E-state index in [1.807, 2.05) is 0 Å². The molecule has 0 saturated heterocycles. The first kappa shape index (κ1) is 13.8. The number of nitrogens with two attached hydrogens (primary N) is 1. The summed E-state index contributed by atoms with van der Waals surface area (Å²) < 4.78 is 36.7. The highest BCUT2D eigenvalue weighted by Gasteiger charge is 2.32. The Morgan fingerprint density at radius 3 is 2.31 bits per heavy atom. The van der Waals surface area contributed by atoms with E-state index in [2.05, 4.69) is 0 Å². The molecule has 0 radical (unpaired) electrons. The van der Waals surface area contributed by atoms with Crippen LogP contribution in [-0.4, -0.2) is 36.8 Å².